The normalized spacial score (nSPS) is 12.6. The van der Waals surface area contributed by atoms with Crippen molar-refractivity contribution < 1.29 is 22.4 Å². The molecular weight excluding hydrogens is 613 g/mol. The third-order valence-electron chi connectivity index (χ3n) is 7.55. The lowest BCUT2D eigenvalue weighted by Crippen LogP contribution is -2.54. The maximum Gasteiger partial charge on any atom is 0.264 e. The second-order valence-electron chi connectivity index (χ2n) is 10.9. The van der Waals surface area contributed by atoms with Gasteiger partial charge in [-0.15, -0.1) is 0 Å². The summed E-state index contributed by atoms with van der Waals surface area (Å²) in [5.74, 6) is -1.65. The number of hydrogen-bond donors (Lipinski definition) is 1. The molecule has 0 saturated carbocycles. The van der Waals surface area contributed by atoms with Crippen molar-refractivity contribution in [3.05, 3.63) is 131 Å². The lowest BCUT2D eigenvalue weighted by molar-refractivity contribution is -0.140. The molecule has 4 rings (SSSR count). The molecule has 2 amide bonds. The van der Waals surface area contributed by atoms with Crippen LogP contribution in [0.4, 0.5) is 10.1 Å². The Kier molecular flexibility index (Phi) is 11.4. The topological polar surface area (TPSA) is 86.8 Å². The van der Waals surface area contributed by atoms with Gasteiger partial charge < -0.3 is 10.2 Å². The number of carbonyl (C=O) groups is 2. The molecule has 10 heteroatoms. The summed E-state index contributed by atoms with van der Waals surface area (Å²) in [5, 5.41) is 3.24. The van der Waals surface area contributed by atoms with Crippen molar-refractivity contribution in [2.45, 2.75) is 57.1 Å². The van der Waals surface area contributed by atoms with Crippen LogP contribution >= 0.6 is 11.6 Å². The molecule has 0 spiro atoms. The average molecular weight is 650 g/mol. The van der Waals surface area contributed by atoms with Crippen LogP contribution in [0, 0.1) is 12.7 Å². The Morgan fingerprint density at radius 1 is 0.911 bits per heavy atom. The summed E-state index contributed by atoms with van der Waals surface area (Å²) in [7, 11) is -4.27. The van der Waals surface area contributed by atoms with Gasteiger partial charge in [-0.2, -0.15) is 0 Å². The number of benzene rings is 4. The number of hydrogen-bond acceptors (Lipinski definition) is 4. The van der Waals surface area contributed by atoms with Crippen molar-refractivity contribution in [2.24, 2.45) is 0 Å². The lowest BCUT2D eigenvalue weighted by Gasteiger charge is -2.34. The number of nitrogens with zero attached hydrogens (tertiary/aromatic N) is 2. The molecule has 0 bridgehead atoms. The number of aryl methyl sites for hydroxylation is 1. The summed E-state index contributed by atoms with van der Waals surface area (Å²) in [5.41, 5.74) is 2.01. The predicted molar refractivity (Wildman–Crippen MR) is 176 cm³/mol. The molecule has 1 N–H and O–H groups in total. The highest BCUT2D eigenvalue weighted by molar-refractivity contribution is 7.92. The van der Waals surface area contributed by atoms with Gasteiger partial charge in [-0.1, -0.05) is 90.8 Å². The Balaban J connectivity index is 1.82. The maximum atomic E-state index is 15.0. The summed E-state index contributed by atoms with van der Waals surface area (Å²) in [6.45, 7) is 4.71. The third-order valence-corrected chi connectivity index (χ3v) is 9.58. The Morgan fingerprint density at radius 2 is 1.58 bits per heavy atom. The maximum absolute atomic E-state index is 15.0. The molecule has 0 aliphatic rings. The zero-order valence-electron chi connectivity index (χ0n) is 25.5. The number of anilines is 1. The number of amides is 2. The lowest BCUT2D eigenvalue weighted by atomic mass is 10.0. The minimum Gasteiger partial charge on any atom is -0.352 e. The molecule has 0 fully saturated rings. The molecule has 45 heavy (non-hydrogen) atoms. The van der Waals surface area contributed by atoms with E-state index in [4.69, 9.17) is 11.6 Å². The van der Waals surface area contributed by atoms with Crippen LogP contribution in [0.15, 0.2) is 108 Å². The van der Waals surface area contributed by atoms with Crippen molar-refractivity contribution in [2.75, 3.05) is 10.8 Å². The van der Waals surface area contributed by atoms with E-state index in [1.807, 2.05) is 51.1 Å². The molecule has 2 unspecified atom stereocenters. The highest BCUT2D eigenvalue weighted by Crippen LogP contribution is 2.27. The van der Waals surface area contributed by atoms with E-state index in [2.05, 4.69) is 5.32 Å². The number of halogens is 2. The fraction of sp³-hybridized carbons (Fsp3) is 0.257. The van der Waals surface area contributed by atoms with E-state index >= 15 is 4.39 Å². The quantitative estimate of drug-likeness (QED) is 0.178. The minimum atomic E-state index is -4.27. The van der Waals surface area contributed by atoms with Crippen LogP contribution < -0.4 is 9.62 Å². The Bertz CT molecular complexity index is 1720. The van der Waals surface area contributed by atoms with Crippen molar-refractivity contribution in [3.63, 3.8) is 0 Å². The second-order valence-corrected chi connectivity index (χ2v) is 13.2. The van der Waals surface area contributed by atoms with Crippen LogP contribution in [-0.4, -0.2) is 43.8 Å². The predicted octanol–water partition coefficient (Wildman–Crippen LogP) is 6.54. The number of sulfonamides is 1. The Morgan fingerprint density at radius 3 is 2.22 bits per heavy atom. The minimum absolute atomic E-state index is 0.0168. The molecule has 2 atom stereocenters. The smallest absolute Gasteiger partial charge is 0.264 e. The van der Waals surface area contributed by atoms with Crippen LogP contribution in [0.3, 0.4) is 0 Å². The SMILES string of the molecule is CCC(C)NC(=O)C(Cc1ccccc1)N(Cc1ccccc1F)C(=O)CN(c1cccc(Cl)c1)S(=O)(=O)c1ccc(C)cc1. The van der Waals surface area contributed by atoms with Crippen molar-refractivity contribution in [1.29, 1.82) is 0 Å². The summed E-state index contributed by atoms with van der Waals surface area (Å²) in [6.07, 6.45) is 0.785. The van der Waals surface area contributed by atoms with E-state index in [1.165, 1.54) is 35.2 Å². The molecule has 0 aliphatic carbocycles. The first kappa shape index (κ1) is 33.7. The molecule has 0 saturated heterocycles. The molecule has 0 heterocycles. The van der Waals surface area contributed by atoms with Gasteiger partial charge in [-0.25, -0.2) is 12.8 Å². The monoisotopic (exact) mass is 649 g/mol. The van der Waals surface area contributed by atoms with E-state index in [-0.39, 0.29) is 40.2 Å². The first-order chi connectivity index (χ1) is 21.5. The number of rotatable bonds is 13. The van der Waals surface area contributed by atoms with Crippen LogP contribution in [0.25, 0.3) is 0 Å². The van der Waals surface area contributed by atoms with E-state index in [9.17, 15) is 18.0 Å². The van der Waals surface area contributed by atoms with Gasteiger partial charge in [0.15, 0.2) is 0 Å². The largest absolute Gasteiger partial charge is 0.352 e. The molecule has 4 aromatic rings. The second kappa shape index (κ2) is 15.2. The molecule has 7 nitrogen and oxygen atoms in total. The number of carbonyl (C=O) groups excluding carboxylic acids is 2. The number of nitrogens with one attached hydrogen (secondary N) is 1. The van der Waals surface area contributed by atoms with Gasteiger partial charge >= 0.3 is 0 Å². The van der Waals surface area contributed by atoms with E-state index < -0.39 is 40.2 Å². The van der Waals surface area contributed by atoms with Crippen LogP contribution in [0.2, 0.25) is 5.02 Å². The Labute approximate surface area is 269 Å². The summed E-state index contributed by atoms with van der Waals surface area (Å²) >= 11 is 6.26. The fourth-order valence-corrected chi connectivity index (χ4v) is 6.39. The molecule has 0 aliphatic heterocycles. The van der Waals surface area contributed by atoms with E-state index in [0.717, 1.165) is 15.4 Å². The Hall–Kier alpha value is -4.21. The van der Waals surface area contributed by atoms with Crippen LogP contribution in [0.5, 0.6) is 0 Å². The van der Waals surface area contributed by atoms with Crippen molar-refractivity contribution in [1.82, 2.24) is 10.2 Å². The first-order valence-electron chi connectivity index (χ1n) is 14.7. The van der Waals surface area contributed by atoms with Gasteiger partial charge in [-0.3, -0.25) is 13.9 Å². The molecular formula is C35H37ClFN3O4S. The summed E-state index contributed by atoms with van der Waals surface area (Å²) < 4.78 is 44.2. The molecule has 236 valence electrons. The van der Waals surface area contributed by atoms with Crippen LogP contribution in [0.1, 0.15) is 37.0 Å². The van der Waals surface area contributed by atoms with Gasteiger partial charge in [-0.05, 0) is 62.2 Å². The fourth-order valence-electron chi connectivity index (χ4n) is 4.80. The molecule has 0 aromatic heterocycles. The average Bonchev–Trinajstić information content (AvgIpc) is 3.02. The first-order valence-corrected chi connectivity index (χ1v) is 16.5. The molecule has 0 radical (unpaired) electrons. The van der Waals surface area contributed by atoms with Gasteiger partial charge in [0.2, 0.25) is 11.8 Å². The van der Waals surface area contributed by atoms with Crippen molar-refractivity contribution >= 4 is 39.1 Å². The zero-order chi connectivity index (χ0) is 32.6. The van der Waals surface area contributed by atoms with Gasteiger partial charge in [0.1, 0.15) is 18.4 Å². The zero-order valence-corrected chi connectivity index (χ0v) is 27.1. The molecule has 4 aromatic carbocycles. The standard InChI is InChI=1S/C35H37ClFN3O4S/c1-4-26(3)38-35(42)33(21-27-11-6-5-7-12-27)39(23-28-13-8-9-16-32(28)37)34(41)24-40(30-15-10-14-29(36)22-30)45(43,44)31-19-17-25(2)18-20-31/h5-20,22,26,33H,4,21,23-24H2,1-3H3,(H,38,42). The van der Waals surface area contributed by atoms with Gasteiger partial charge in [0, 0.05) is 29.6 Å². The highest BCUT2D eigenvalue weighted by atomic mass is 35.5. The summed E-state index contributed by atoms with van der Waals surface area (Å²) in [6, 6.07) is 26.4. The van der Waals surface area contributed by atoms with Gasteiger partial charge in [0.05, 0.1) is 10.6 Å². The van der Waals surface area contributed by atoms with E-state index in [0.29, 0.717) is 6.42 Å². The highest BCUT2D eigenvalue weighted by Gasteiger charge is 2.35. The van der Waals surface area contributed by atoms with E-state index in [1.54, 1.807) is 42.5 Å². The van der Waals surface area contributed by atoms with Crippen molar-refractivity contribution in [3.8, 4) is 0 Å². The van der Waals surface area contributed by atoms with Crippen LogP contribution in [-0.2, 0) is 32.6 Å². The summed E-state index contributed by atoms with van der Waals surface area (Å²) in [4.78, 5) is 29.5. The third kappa shape index (κ3) is 8.71. The van der Waals surface area contributed by atoms with Gasteiger partial charge in [0.25, 0.3) is 10.0 Å².